The van der Waals surface area contributed by atoms with Gasteiger partial charge in [-0.2, -0.15) is 0 Å². The van der Waals surface area contributed by atoms with Crippen molar-refractivity contribution >= 4 is 11.6 Å². The number of anilines is 1. The SMILES string of the molecule is CNC(COCc1ccccc1)C(=O)Nc1ccc(Oc2ccccc2)cc1. The zero-order valence-electron chi connectivity index (χ0n) is 15.8. The maximum Gasteiger partial charge on any atom is 0.243 e. The van der Waals surface area contributed by atoms with Crippen LogP contribution in [0.25, 0.3) is 0 Å². The van der Waals surface area contributed by atoms with E-state index in [1.165, 1.54) is 0 Å². The minimum Gasteiger partial charge on any atom is -0.457 e. The van der Waals surface area contributed by atoms with E-state index >= 15 is 0 Å². The minimum absolute atomic E-state index is 0.146. The second-order valence-electron chi connectivity index (χ2n) is 6.27. The van der Waals surface area contributed by atoms with Crippen molar-refractivity contribution in [2.24, 2.45) is 0 Å². The minimum atomic E-state index is -0.441. The summed E-state index contributed by atoms with van der Waals surface area (Å²) in [6, 6.07) is 26.3. The molecule has 1 amide bonds. The van der Waals surface area contributed by atoms with E-state index in [1.54, 1.807) is 7.05 Å². The van der Waals surface area contributed by atoms with Gasteiger partial charge in [0, 0.05) is 5.69 Å². The average Bonchev–Trinajstić information content (AvgIpc) is 2.74. The van der Waals surface area contributed by atoms with Gasteiger partial charge in [0.05, 0.1) is 13.2 Å². The highest BCUT2D eigenvalue weighted by Crippen LogP contribution is 2.22. The number of ether oxygens (including phenoxy) is 2. The van der Waals surface area contributed by atoms with Crippen LogP contribution in [0.3, 0.4) is 0 Å². The van der Waals surface area contributed by atoms with Crippen molar-refractivity contribution in [3.05, 3.63) is 90.5 Å². The number of carbonyl (C=O) groups excluding carboxylic acids is 1. The normalized spacial score (nSPS) is 11.6. The first-order chi connectivity index (χ1) is 13.7. The second kappa shape index (κ2) is 10.3. The molecule has 0 radical (unpaired) electrons. The summed E-state index contributed by atoms with van der Waals surface area (Å²) in [5.41, 5.74) is 1.78. The van der Waals surface area contributed by atoms with E-state index < -0.39 is 6.04 Å². The zero-order chi connectivity index (χ0) is 19.6. The van der Waals surface area contributed by atoms with Crippen LogP contribution in [0.2, 0.25) is 0 Å². The molecule has 144 valence electrons. The number of likely N-dealkylation sites (N-methyl/N-ethyl adjacent to an activating group) is 1. The van der Waals surface area contributed by atoms with Gasteiger partial charge in [-0.05, 0) is 49.0 Å². The number of carbonyl (C=O) groups is 1. The van der Waals surface area contributed by atoms with E-state index in [4.69, 9.17) is 9.47 Å². The molecular formula is C23H24N2O3. The molecule has 3 rings (SSSR count). The molecular weight excluding hydrogens is 352 g/mol. The van der Waals surface area contributed by atoms with Crippen LogP contribution < -0.4 is 15.4 Å². The van der Waals surface area contributed by atoms with Gasteiger partial charge >= 0.3 is 0 Å². The molecule has 0 aromatic heterocycles. The highest BCUT2D eigenvalue weighted by molar-refractivity contribution is 5.94. The molecule has 0 aliphatic heterocycles. The fourth-order valence-corrected chi connectivity index (χ4v) is 2.62. The van der Waals surface area contributed by atoms with E-state index in [0.29, 0.717) is 18.0 Å². The summed E-state index contributed by atoms with van der Waals surface area (Å²) in [5, 5.41) is 5.89. The molecule has 2 N–H and O–H groups in total. The Morgan fingerprint density at radius 1 is 0.857 bits per heavy atom. The molecule has 1 atom stereocenters. The lowest BCUT2D eigenvalue weighted by Crippen LogP contribution is -2.42. The third-order valence-electron chi connectivity index (χ3n) is 4.16. The maximum absolute atomic E-state index is 12.5. The number of benzene rings is 3. The number of para-hydroxylation sites is 1. The highest BCUT2D eigenvalue weighted by Gasteiger charge is 2.16. The predicted octanol–water partition coefficient (Wildman–Crippen LogP) is 4.22. The Hall–Kier alpha value is -3.15. The molecule has 0 heterocycles. The van der Waals surface area contributed by atoms with Crippen LogP contribution in [0.15, 0.2) is 84.9 Å². The van der Waals surface area contributed by atoms with Crippen molar-refractivity contribution in [2.75, 3.05) is 19.0 Å². The molecule has 28 heavy (non-hydrogen) atoms. The number of hydrogen-bond acceptors (Lipinski definition) is 4. The first-order valence-electron chi connectivity index (χ1n) is 9.17. The number of amides is 1. The first kappa shape index (κ1) is 19.6. The number of hydrogen-bond donors (Lipinski definition) is 2. The summed E-state index contributed by atoms with van der Waals surface area (Å²) in [5.74, 6) is 1.33. The van der Waals surface area contributed by atoms with Crippen LogP contribution in [0.1, 0.15) is 5.56 Å². The van der Waals surface area contributed by atoms with Crippen LogP contribution >= 0.6 is 0 Å². The Balaban J connectivity index is 1.49. The van der Waals surface area contributed by atoms with Gasteiger partial charge in [0.25, 0.3) is 0 Å². The molecule has 0 saturated heterocycles. The van der Waals surface area contributed by atoms with Crippen LogP contribution in [0.4, 0.5) is 5.69 Å². The Morgan fingerprint density at radius 2 is 1.46 bits per heavy atom. The third-order valence-corrected chi connectivity index (χ3v) is 4.16. The predicted molar refractivity (Wildman–Crippen MR) is 111 cm³/mol. The van der Waals surface area contributed by atoms with Crippen LogP contribution in [0, 0.1) is 0 Å². The van der Waals surface area contributed by atoms with Crippen molar-refractivity contribution in [1.29, 1.82) is 0 Å². The van der Waals surface area contributed by atoms with Crippen molar-refractivity contribution in [2.45, 2.75) is 12.6 Å². The van der Waals surface area contributed by atoms with Gasteiger partial charge in [0.2, 0.25) is 5.91 Å². The fraction of sp³-hybridized carbons (Fsp3) is 0.174. The van der Waals surface area contributed by atoms with Crippen molar-refractivity contribution in [1.82, 2.24) is 5.32 Å². The summed E-state index contributed by atoms with van der Waals surface area (Å²) >= 11 is 0. The van der Waals surface area contributed by atoms with Crippen molar-refractivity contribution < 1.29 is 14.3 Å². The van der Waals surface area contributed by atoms with E-state index in [9.17, 15) is 4.79 Å². The standard InChI is InChI=1S/C23H24N2O3/c1-24-22(17-27-16-18-8-4-2-5-9-18)23(26)25-19-12-14-21(15-13-19)28-20-10-6-3-7-11-20/h2-15,22,24H,16-17H2,1H3,(H,25,26). The second-order valence-corrected chi connectivity index (χ2v) is 6.27. The van der Waals surface area contributed by atoms with Gasteiger partial charge in [0.1, 0.15) is 17.5 Å². The van der Waals surface area contributed by atoms with Gasteiger partial charge in [-0.3, -0.25) is 4.79 Å². The smallest absolute Gasteiger partial charge is 0.243 e. The zero-order valence-corrected chi connectivity index (χ0v) is 15.8. The summed E-state index contributed by atoms with van der Waals surface area (Å²) in [7, 11) is 1.74. The molecule has 0 fully saturated rings. The monoisotopic (exact) mass is 376 g/mol. The van der Waals surface area contributed by atoms with Gasteiger partial charge in [-0.1, -0.05) is 48.5 Å². The van der Waals surface area contributed by atoms with E-state index in [1.807, 2.05) is 84.9 Å². The van der Waals surface area contributed by atoms with Gasteiger partial charge in [0.15, 0.2) is 0 Å². The Morgan fingerprint density at radius 3 is 2.11 bits per heavy atom. The van der Waals surface area contributed by atoms with Gasteiger partial charge < -0.3 is 20.1 Å². The molecule has 0 bridgehead atoms. The van der Waals surface area contributed by atoms with Crippen LogP contribution in [0.5, 0.6) is 11.5 Å². The Bertz CT molecular complexity index is 852. The quantitative estimate of drug-likeness (QED) is 0.587. The molecule has 3 aromatic rings. The summed E-state index contributed by atoms with van der Waals surface area (Å²) in [6.07, 6.45) is 0. The molecule has 1 unspecified atom stereocenters. The average molecular weight is 376 g/mol. The van der Waals surface area contributed by atoms with E-state index in [-0.39, 0.29) is 12.5 Å². The van der Waals surface area contributed by atoms with Crippen molar-refractivity contribution in [3.8, 4) is 11.5 Å². The Labute approximate surface area is 165 Å². The number of nitrogens with one attached hydrogen (secondary N) is 2. The molecule has 5 heteroatoms. The lowest BCUT2D eigenvalue weighted by Gasteiger charge is -2.16. The lowest BCUT2D eigenvalue weighted by atomic mass is 10.2. The third kappa shape index (κ3) is 5.94. The molecule has 0 aliphatic carbocycles. The first-order valence-corrected chi connectivity index (χ1v) is 9.17. The fourth-order valence-electron chi connectivity index (χ4n) is 2.62. The van der Waals surface area contributed by atoms with E-state index in [2.05, 4.69) is 10.6 Å². The maximum atomic E-state index is 12.5. The summed E-state index contributed by atoms with van der Waals surface area (Å²) < 4.78 is 11.4. The van der Waals surface area contributed by atoms with Crippen LogP contribution in [-0.4, -0.2) is 25.6 Å². The molecule has 3 aromatic carbocycles. The van der Waals surface area contributed by atoms with Crippen LogP contribution in [-0.2, 0) is 16.1 Å². The van der Waals surface area contributed by atoms with Gasteiger partial charge in [-0.15, -0.1) is 0 Å². The highest BCUT2D eigenvalue weighted by atomic mass is 16.5. The topological polar surface area (TPSA) is 59.6 Å². The van der Waals surface area contributed by atoms with Gasteiger partial charge in [-0.25, -0.2) is 0 Å². The summed E-state index contributed by atoms with van der Waals surface area (Å²) in [6.45, 7) is 0.754. The molecule has 5 nitrogen and oxygen atoms in total. The molecule has 0 aliphatic rings. The molecule has 0 saturated carbocycles. The molecule has 0 spiro atoms. The number of rotatable bonds is 9. The largest absolute Gasteiger partial charge is 0.457 e. The summed E-state index contributed by atoms with van der Waals surface area (Å²) in [4.78, 5) is 12.5. The lowest BCUT2D eigenvalue weighted by molar-refractivity contribution is -0.119. The Kier molecular flexibility index (Phi) is 7.18. The van der Waals surface area contributed by atoms with E-state index in [0.717, 1.165) is 11.3 Å². The van der Waals surface area contributed by atoms with Crippen molar-refractivity contribution in [3.63, 3.8) is 0 Å².